The predicted molar refractivity (Wildman–Crippen MR) is 96.2 cm³/mol. The van der Waals surface area contributed by atoms with Crippen molar-refractivity contribution in [3.05, 3.63) is 53.9 Å². The molecule has 0 aliphatic heterocycles. The van der Waals surface area contributed by atoms with E-state index in [1.807, 2.05) is 18.2 Å². The molecule has 3 rings (SSSR count). The zero-order valence-electron chi connectivity index (χ0n) is 14.0. The predicted octanol–water partition coefficient (Wildman–Crippen LogP) is 3.16. The van der Waals surface area contributed by atoms with Gasteiger partial charge in [-0.05, 0) is 12.1 Å². The van der Waals surface area contributed by atoms with Gasteiger partial charge in [0, 0.05) is 11.9 Å². The van der Waals surface area contributed by atoms with Crippen LogP contribution in [0.4, 0.5) is 5.13 Å². The summed E-state index contributed by atoms with van der Waals surface area (Å²) in [5.41, 5.74) is 0.903. The van der Waals surface area contributed by atoms with Crippen LogP contribution in [0.5, 0.6) is 5.75 Å². The Hall–Kier alpha value is -3.20. The Bertz CT molecular complexity index is 906. The lowest BCUT2D eigenvalue weighted by Crippen LogP contribution is -2.06. The van der Waals surface area contributed by atoms with E-state index >= 15 is 0 Å². The van der Waals surface area contributed by atoms with Crippen LogP contribution in [-0.4, -0.2) is 34.7 Å². The lowest BCUT2D eigenvalue weighted by Gasteiger charge is -2.03. The van der Waals surface area contributed by atoms with Crippen LogP contribution in [0.15, 0.2) is 46.8 Å². The van der Waals surface area contributed by atoms with E-state index in [2.05, 4.69) is 27.0 Å². The molecule has 8 nitrogen and oxygen atoms in total. The van der Waals surface area contributed by atoms with Crippen molar-refractivity contribution in [3.8, 4) is 17.1 Å². The first-order valence-electron chi connectivity index (χ1n) is 7.64. The van der Waals surface area contributed by atoms with Gasteiger partial charge in [-0.3, -0.25) is 0 Å². The van der Waals surface area contributed by atoms with Gasteiger partial charge in [0.05, 0.1) is 12.7 Å². The molecule has 0 amide bonds. The number of thiazole rings is 1. The van der Waals surface area contributed by atoms with E-state index in [1.54, 1.807) is 24.6 Å². The van der Waals surface area contributed by atoms with Gasteiger partial charge < -0.3 is 19.3 Å². The summed E-state index contributed by atoms with van der Waals surface area (Å²) < 4.78 is 15.6. The lowest BCUT2D eigenvalue weighted by molar-refractivity contribution is 0.0424. The minimum Gasteiger partial charge on any atom is -0.496 e. The average molecular weight is 372 g/mol. The van der Waals surface area contributed by atoms with Crippen molar-refractivity contribution >= 4 is 22.4 Å². The van der Waals surface area contributed by atoms with Crippen LogP contribution in [0.25, 0.3) is 11.4 Å². The molecule has 0 saturated carbocycles. The SMILES string of the molecule is C=CCNc1nc(C(=O)OCc2nc(-c3ccccc3OC)no2)cs1. The number of carbonyl (C=O) groups excluding carboxylic acids is 1. The van der Waals surface area contributed by atoms with E-state index in [0.29, 0.717) is 28.8 Å². The van der Waals surface area contributed by atoms with Crippen molar-refractivity contribution in [2.75, 3.05) is 19.0 Å². The van der Waals surface area contributed by atoms with Crippen LogP contribution in [-0.2, 0) is 11.3 Å². The fraction of sp³-hybridized carbons (Fsp3) is 0.176. The summed E-state index contributed by atoms with van der Waals surface area (Å²) in [6.07, 6.45) is 1.70. The van der Waals surface area contributed by atoms with Crippen LogP contribution in [0.3, 0.4) is 0 Å². The average Bonchev–Trinajstić information content (AvgIpc) is 3.34. The number of rotatable bonds is 8. The molecule has 0 saturated heterocycles. The normalized spacial score (nSPS) is 10.3. The van der Waals surface area contributed by atoms with Crippen LogP contribution in [0.2, 0.25) is 0 Å². The minimum absolute atomic E-state index is 0.145. The molecule has 9 heteroatoms. The molecule has 2 aromatic heterocycles. The number of ether oxygens (including phenoxy) is 2. The molecule has 0 aliphatic rings. The first-order valence-corrected chi connectivity index (χ1v) is 8.52. The van der Waals surface area contributed by atoms with E-state index in [1.165, 1.54) is 11.3 Å². The monoisotopic (exact) mass is 372 g/mol. The molecule has 0 atom stereocenters. The number of anilines is 1. The zero-order chi connectivity index (χ0) is 18.4. The molecule has 1 N–H and O–H groups in total. The molecule has 0 bridgehead atoms. The third kappa shape index (κ3) is 4.06. The van der Waals surface area contributed by atoms with Gasteiger partial charge in [-0.15, -0.1) is 17.9 Å². The molecule has 26 heavy (non-hydrogen) atoms. The number of benzene rings is 1. The number of methoxy groups -OCH3 is 1. The fourth-order valence-corrected chi connectivity index (χ4v) is 2.75. The van der Waals surface area contributed by atoms with E-state index in [-0.39, 0.29) is 18.2 Å². The van der Waals surface area contributed by atoms with Crippen molar-refractivity contribution in [3.63, 3.8) is 0 Å². The van der Waals surface area contributed by atoms with Crippen molar-refractivity contribution < 1.29 is 18.8 Å². The van der Waals surface area contributed by atoms with Crippen LogP contribution < -0.4 is 10.1 Å². The topological polar surface area (TPSA) is 99.4 Å². The van der Waals surface area contributed by atoms with E-state index in [0.717, 1.165) is 0 Å². The summed E-state index contributed by atoms with van der Waals surface area (Å²) in [4.78, 5) is 20.4. The highest BCUT2D eigenvalue weighted by Gasteiger charge is 2.16. The molecule has 0 unspecified atom stereocenters. The summed E-state index contributed by atoms with van der Waals surface area (Å²) >= 11 is 1.31. The van der Waals surface area contributed by atoms with Gasteiger partial charge in [-0.25, -0.2) is 9.78 Å². The second-order valence-corrected chi connectivity index (χ2v) is 5.85. The van der Waals surface area contributed by atoms with E-state index < -0.39 is 5.97 Å². The molecular formula is C17H16N4O4S. The number of nitrogens with one attached hydrogen (secondary N) is 1. The van der Waals surface area contributed by atoms with Crippen LogP contribution >= 0.6 is 11.3 Å². The summed E-state index contributed by atoms with van der Waals surface area (Å²) in [5, 5.41) is 9.13. The zero-order valence-corrected chi connectivity index (χ0v) is 14.8. The molecule has 0 radical (unpaired) electrons. The number of hydrogen-bond acceptors (Lipinski definition) is 9. The number of hydrogen-bond donors (Lipinski definition) is 1. The number of esters is 1. The molecule has 2 heterocycles. The van der Waals surface area contributed by atoms with Crippen LogP contribution in [0, 0.1) is 0 Å². The van der Waals surface area contributed by atoms with Gasteiger partial charge in [0.25, 0.3) is 5.89 Å². The fourth-order valence-electron chi connectivity index (χ4n) is 2.06. The molecule has 0 fully saturated rings. The Labute approximate surface area is 153 Å². The van der Waals surface area contributed by atoms with Gasteiger partial charge in [-0.2, -0.15) is 4.98 Å². The Kier molecular flexibility index (Phi) is 5.59. The summed E-state index contributed by atoms with van der Waals surface area (Å²) in [6.45, 7) is 4.03. The highest BCUT2D eigenvalue weighted by molar-refractivity contribution is 7.13. The first kappa shape index (κ1) is 17.6. The quantitative estimate of drug-likeness (QED) is 0.475. The molecule has 134 valence electrons. The largest absolute Gasteiger partial charge is 0.496 e. The molecular weight excluding hydrogens is 356 g/mol. The molecule has 0 spiro atoms. The number of carbonyl (C=O) groups is 1. The molecule has 3 aromatic rings. The third-order valence-corrected chi connectivity index (χ3v) is 4.05. The van der Waals surface area contributed by atoms with E-state index in [9.17, 15) is 4.79 Å². The lowest BCUT2D eigenvalue weighted by atomic mass is 10.2. The highest BCUT2D eigenvalue weighted by atomic mass is 32.1. The second-order valence-electron chi connectivity index (χ2n) is 5.00. The van der Waals surface area contributed by atoms with Crippen molar-refractivity contribution in [2.45, 2.75) is 6.61 Å². The van der Waals surface area contributed by atoms with Gasteiger partial charge in [0.1, 0.15) is 5.75 Å². The highest BCUT2D eigenvalue weighted by Crippen LogP contribution is 2.27. The standard InChI is InChI=1S/C17H16N4O4S/c1-3-8-18-17-19-12(10-26-17)16(22)24-9-14-20-15(21-25-14)11-6-4-5-7-13(11)23-2/h3-7,10H,1,8-9H2,2H3,(H,18,19). The summed E-state index contributed by atoms with van der Waals surface area (Å²) in [6, 6.07) is 7.30. The van der Waals surface area contributed by atoms with Gasteiger partial charge in [-0.1, -0.05) is 23.4 Å². The second kappa shape index (κ2) is 8.26. The Balaban J connectivity index is 1.62. The maximum Gasteiger partial charge on any atom is 0.358 e. The number of nitrogens with zero attached hydrogens (tertiary/aromatic N) is 3. The van der Waals surface area contributed by atoms with Crippen molar-refractivity contribution in [2.24, 2.45) is 0 Å². The Morgan fingerprint density at radius 3 is 3.04 bits per heavy atom. The molecule has 1 aromatic carbocycles. The Morgan fingerprint density at radius 2 is 2.23 bits per heavy atom. The Morgan fingerprint density at radius 1 is 1.38 bits per heavy atom. The number of aromatic nitrogens is 3. The summed E-state index contributed by atoms with van der Waals surface area (Å²) in [7, 11) is 1.56. The minimum atomic E-state index is -0.565. The molecule has 0 aliphatic carbocycles. The maximum atomic E-state index is 12.0. The third-order valence-electron chi connectivity index (χ3n) is 3.25. The maximum absolute atomic E-state index is 12.0. The van der Waals surface area contributed by atoms with Crippen molar-refractivity contribution in [1.29, 1.82) is 0 Å². The van der Waals surface area contributed by atoms with Gasteiger partial charge in [0.2, 0.25) is 5.82 Å². The number of para-hydroxylation sites is 1. The van der Waals surface area contributed by atoms with Gasteiger partial charge >= 0.3 is 5.97 Å². The summed E-state index contributed by atoms with van der Waals surface area (Å²) in [5.74, 6) is 0.598. The van der Waals surface area contributed by atoms with Gasteiger partial charge in [0.15, 0.2) is 17.4 Å². The van der Waals surface area contributed by atoms with Crippen LogP contribution in [0.1, 0.15) is 16.4 Å². The van der Waals surface area contributed by atoms with E-state index in [4.69, 9.17) is 14.0 Å². The smallest absolute Gasteiger partial charge is 0.358 e. The first-order chi connectivity index (χ1) is 12.7. The van der Waals surface area contributed by atoms with Crippen molar-refractivity contribution in [1.82, 2.24) is 15.1 Å².